The Bertz CT molecular complexity index is 806. The summed E-state index contributed by atoms with van der Waals surface area (Å²) >= 11 is 0. The first kappa shape index (κ1) is 15.8. The number of hydrogen-bond donors (Lipinski definition) is 0. The number of amides is 2. The van der Waals surface area contributed by atoms with Crippen molar-refractivity contribution in [1.29, 1.82) is 0 Å². The number of ether oxygens (including phenoxy) is 1. The lowest BCUT2D eigenvalue weighted by molar-refractivity contribution is -0.160. The van der Waals surface area contributed by atoms with Gasteiger partial charge in [-0.15, -0.1) is 0 Å². The molecule has 0 aliphatic carbocycles. The highest BCUT2D eigenvalue weighted by atomic mass is 16.7. The zero-order valence-corrected chi connectivity index (χ0v) is 14.0. The van der Waals surface area contributed by atoms with Gasteiger partial charge in [-0.25, -0.2) is 4.90 Å². The molecular weight excluding hydrogens is 320 g/mol. The van der Waals surface area contributed by atoms with Gasteiger partial charge in [-0.05, 0) is 29.8 Å². The van der Waals surface area contributed by atoms with Crippen LogP contribution in [0.25, 0.3) is 0 Å². The second-order valence-corrected chi connectivity index (χ2v) is 6.16. The van der Waals surface area contributed by atoms with Crippen LogP contribution in [0.2, 0.25) is 0 Å². The van der Waals surface area contributed by atoms with E-state index in [1.54, 1.807) is 43.5 Å². The smallest absolute Gasteiger partial charge is 0.265 e. The standard InChI is InChI=1S/C19H18N2O4/c1-20-16(12-8-10-14(24-2)11-9-12)15-17(25-20)19(23)21(18(15)22)13-6-4-3-5-7-13/h3-11,15-17H,1-2H3/t15-,16+,17+/m1/s1. The first-order chi connectivity index (χ1) is 12.1. The Hall–Kier alpha value is -2.70. The van der Waals surface area contributed by atoms with E-state index in [0.29, 0.717) is 5.69 Å². The van der Waals surface area contributed by atoms with Crippen LogP contribution in [-0.2, 0) is 14.4 Å². The first-order valence-corrected chi connectivity index (χ1v) is 8.08. The topological polar surface area (TPSA) is 59.1 Å². The van der Waals surface area contributed by atoms with E-state index in [1.165, 1.54) is 4.90 Å². The molecule has 0 saturated carbocycles. The van der Waals surface area contributed by atoms with Crippen LogP contribution in [0.15, 0.2) is 54.6 Å². The molecule has 4 rings (SSSR count). The number of imide groups is 1. The lowest BCUT2D eigenvalue weighted by Gasteiger charge is -2.24. The Morgan fingerprint density at radius 1 is 0.960 bits per heavy atom. The van der Waals surface area contributed by atoms with Crippen LogP contribution in [0, 0.1) is 5.92 Å². The van der Waals surface area contributed by atoms with Gasteiger partial charge in [0.1, 0.15) is 5.75 Å². The molecule has 0 N–H and O–H groups in total. The minimum absolute atomic E-state index is 0.230. The summed E-state index contributed by atoms with van der Waals surface area (Å²) in [6, 6.07) is 16.1. The second kappa shape index (κ2) is 5.98. The first-order valence-electron chi connectivity index (χ1n) is 8.08. The number of hydroxylamine groups is 2. The molecule has 6 nitrogen and oxygen atoms in total. The molecule has 3 atom stereocenters. The molecule has 0 bridgehead atoms. The van der Waals surface area contributed by atoms with Crippen LogP contribution in [0.1, 0.15) is 11.6 Å². The second-order valence-electron chi connectivity index (χ2n) is 6.16. The van der Waals surface area contributed by atoms with Gasteiger partial charge in [-0.2, -0.15) is 5.06 Å². The van der Waals surface area contributed by atoms with E-state index in [0.717, 1.165) is 11.3 Å². The molecule has 2 aromatic rings. The highest BCUT2D eigenvalue weighted by molar-refractivity contribution is 6.23. The number of carbonyl (C=O) groups excluding carboxylic acids is 2. The summed E-state index contributed by atoms with van der Waals surface area (Å²) in [7, 11) is 3.35. The van der Waals surface area contributed by atoms with Gasteiger partial charge in [0, 0.05) is 7.05 Å². The van der Waals surface area contributed by atoms with Gasteiger partial charge in [-0.1, -0.05) is 30.3 Å². The highest BCUT2D eigenvalue weighted by Crippen LogP contribution is 2.44. The third-order valence-corrected chi connectivity index (χ3v) is 4.78. The number of anilines is 1. The SMILES string of the molecule is COc1ccc([C@H]2[C@H]3C(=O)N(c4ccccc4)C(=O)[C@H]3ON2C)cc1. The largest absolute Gasteiger partial charge is 0.497 e. The lowest BCUT2D eigenvalue weighted by Crippen LogP contribution is -2.36. The van der Waals surface area contributed by atoms with Crippen molar-refractivity contribution in [2.75, 3.05) is 19.1 Å². The number of benzene rings is 2. The molecule has 2 aliphatic rings. The molecule has 0 unspecified atom stereocenters. The summed E-state index contributed by atoms with van der Waals surface area (Å²) < 4.78 is 5.18. The van der Waals surface area contributed by atoms with Gasteiger partial charge >= 0.3 is 0 Å². The maximum atomic E-state index is 13.0. The van der Waals surface area contributed by atoms with Gasteiger partial charge < -0.3 is 4.74 Å². The van der Waals surface area contributed by atoms with Crippen molar-refractivity contribution in [1.82, 2.24) is 5.06 Å². The van der Waals surface area contributed by atoms with Gasteiger partial charge in [0.05, 0.1) is 24.8 Å². The summed E-state index contributed by atoms with van der Waals surface area (Å²) in [6.07, 6.45) is -0.787. The van der Waals surface area contributed by atoms with E-state index in [2.05, 4.69) is 0 Å². The van der Waals surface area contributed by atoms with Crippen molar-refractivity contribution in [2.24, 2.45) is 5.92 Å². The number of hydrogen-bond acceptors (Lipinski definition) is 5. The van der Waals surface area contributed by atoms with Crippen LogP contribution in [0.4, 0.5) is 5.69 Å². The molecule has 0 aromatic heterocycles. The summed E-state index contributed by atoms with van der Waals surface area (Å²) in [6.45, 7) is 0. The van der Waals surface area contributed by atoms with E-state index >= 15 is 0 Å². The maximum Gasteiger partial charge on any atom is 0.265 e. The summed E-state index contributed by atoms with van der Waals surface area (Å²) in [5.41, 5.74) is 1.48. The molecule has 2 aromatic carbocycles. The lowest BCUT2D eigenvalue weighted by atomic mass is 9.91. The molecule has 25 heavy (non-hydrogen) atoms. The molecule has 0 spiro atoms. The molecule has 6 heteroatoms. The predicted molar refractivity (Wildman–Crippen MR) is 90.8 cm³/mol. The van der Waals surface area contributed by atoms with Crippen molar-refractivity contribution in [2.45, 2.75) is 12.1 Å². The average molecular weight is 338 g/mol. The molecule has 2 aliphatic heterocycles. The van der Waals surface area contributed by atoms with Gasteiger partial charge in [0.2, 0.25) is 5.91 Å². The third-order valence-electron chi connectivity index (χ3n) is 4.78. The number of methoxy groups -OCH3 is 1. The number of para-hydroxylation sites is 1. The predicted octanol–water partition coefficient (Wildman–Crippen LogP) is 2.17. The monoisotopic (exact) mass is 338 g/mol. The number of nitrogens with zero attached hydrogens (tertiary/aromatic N) is 2. The van der Waals surface area contributed by atoms with Crippen molar-refractivity contribution in [3.05, 3.63) is 60.2 Å². The minimum atomic E-state index is -0.787. The van der Waals surface area contributed by atoms with Crippen LogP contribution in [-0.4, -0.2) is 37.1 Å². The van der Waals surface area contributed by atoms with Crippen LogP contribution >= 0.6 is 0 Å². The Morgan fingerprint density at radius 3 is 2.28 bits per heavy atom. The molecule has 128 valence electrons. The van der Waals surface area contributed by atoms with Gasteiger partial charge in [-0.3, -0.25) is 14.4 Å². The molecule has 0 radical (unpaired) electrons. The molecule has 2 saturated heterocycles. The van der Waals surface area contributed by atoms with Crippen molar-refractivity contribution in [3.63, 3.8) is 0 Å². The van der Waals surface area contributed by atoms with Crippen molar-refractivity contribution >= 4 is 17.5 Å². The number of fused-ring (bicyclic) bond motifs is 1. The normalized spacial score (nSPS) is 26.2. The van der Waals surface area contributed by atoms with E-state index in [-0.39, 0.29) is 17.9 Å². The van der Waals surface area contributed by atoms with Crippen molar-refractivity contribution < 1.29 is 19.2 Å². The Kier molecular flexibility index (Phi) is 3.78. The zero-order chi connectivity index (χ0) is 17.6. The average Bonchev–Trinajstić information content (AvgIpc) is 3.10. The highest BCUT2D eigenvalue weighted by Gasteiger charge is 2.59. The third kappa shape index (κ3) is 2.42. The number of rotatable bonds is 3. The molecule has 2 heterocycles. The summed E-state index contributed by atoms with van der Waals surface area (Å²) in [5.74, 6) is -0.372. The zero-order valence-electron chi connectivity index (χ0n) is 14.0. The minimum Gasteiger partial charge on any atom is -0.497 e. The van der Waals surface area contributed by atoms with Crippen LogP contribution in [0.3, 0.4) is 0 Å². The van der Waals surface area contributed by atoms with Crippen LogP contribution < -0.4 is 9.64 Å². The molecule has 2 fully saturated rings. The van der Waals surface area contributed by atoms with E-state index in [4.69, 9.17) is 9.57 Å². The Morgan fingerprint density at radius 2 is 1.64 bits per heavy atom. The van der Waals surface area contributed by atoms with E-state index in [9.17, 15) is 9.59 Å². The van der Waals surface area contributed by atoms with Gasteiger partial charge in [0.25, 0.3) is 5.91 Å². The fraction of sp³-hybridized carbons (Fsp3) is 0.263. The fourth-order valence-corrected chi connectivity index (χ4v) is 3.60. The van der Waals surface area contributed by atoms with Crippen LogP contribution in [0.5, 0.6) is 5.75 Å². The quantitative estimate of drug-likeness (QED) is 0.803. The number of carbonyl (C=O) groups is 2. The Labute approximate surface area is 145 Å². The van der Waals surface area contributed by atoms with Gasteiger partial charge in [0.15, 0.2) is 6.10 Å². The van der Waals surface area contributed by atoms with Crippen molar-refractivity contribution in [3.8, 4) is 5.75 Å². The van der Waals surface area contributed by atoms with E-state index in [1.807, 2.05) is 30.3 Å². The maximum absolute atomic E-state index is 13.0. The summed E-state index contributed by atoms with van der Waals surface area (Å²) in [4.78, 5) is 32.7. The molecular formula is C19H18N2O4. The Balaban J connectivity index is 1.69. The van der Waals surface area contributed by atoms with E-state index < -0.39 is 12.0 Å². The fourth-order valence-electron chi connectivity index (χ4n) is 3.60. The summed E-state index contributed by atoms with van der Waals surface area (Å²) in [5, 5.41) is 1.61. The molecule has 2 amide bonds.